The lowest BCUT2D eigenvalue weighted by Crippen LogP contribution is -2.44. The summed E-state index contributed by atoms with van der Waals surface area (Å²) in [6.07, 6.45) is 3.24. The van der Waals surface area contributed by atoms with Gasteiger partial charge in [0.05, 0.1) is 17.5 Å². The summed E-state index contributed by atoms with van der Waals surface area (Å²) in [4.78, 5) is 24.0. The Morgan fingerprint density at radius 3 is 2.67 bits per heavy atom. The van der Waals surface area contributed by atoms with E-state index in [0.717, 1.165) is 12.8 Å². The Kier molecular flexibility index (Phi) is 3.73. The van der Waals surface area contributed by atoms with Crippen molar-refractivity contribution in [1.29, 1.82) is 0 Å². The number of hydrogen-bond donors (Lipinski definition) is 1. The fourth-order valence-corrected chi connectivity index (χ4v) is 4.34. The second kappa shape index (κ2) is 5.40. The first-order valence-electron chi connectivity index (χ1n) is 7.33. The molecule has 1 N–H and O–H groups in total. The molecule has 2 aliphatic heterocycles. The van der Waals surface area contributed by atoms with Crippen LogP contribution in [0.4, 0.5) is 0 Å². The molecule has 0 radical (unpaired) electrons. The van der Waals surface area contributed by atoms with Crippen LogP contribution in [0.25, 0.3) is 0 Å². The van der Waals surface area contributed by atoms with Crippen LogP contribution in [-0.2, 0) is 19.4 Å². The standard InChI is InChI=1S/C13H19N3O4S/c17-12-4-3-11(13(18)14-7-9-1-2-9)15-16(12)10-5-6-21(19,20)8-10/h9-10H,1-8H2,(H,14,18). The molecular weight excluding hydrogens is 294 g/mol. The van der Waals surface area contributed by atoms with Crippen molar-refractivity contribution in [3.8, 4) is 0 Å². The molecule has 3 rings (SSSR count). The summed E-state index contributed by atoms with van der Waals surface area (Å²) in [5.74, 6) is 0.172. The van der Waals surface area contributed by atoms with Gasteiger partial charge in [0.15, 0.2) is 9.84 Å². The SMILES string of the molecule is O=C(NCC1CC1)C1=NN(C2CCS(=O)(=O)C2)C(=O)CC1. The van der Waals surface area contributed by atoms with Crippen molar-refractivity contribution in [2.45, 2.75) is 38.1 Å². The van der Waals surface area contributed by atoms with Gasteiger partial charge in [0, 0.05) is 19.4 Å². The van der Waals surface area contributed by atoms with Crippen LogP contribution < -0.4 is 5.32 Å². The van der Waals surface area contributed by atoms with Crippen LogP contribution in [0.5, 0.6) is 0 Å². The van der Waals surface area contributed by atoms with Crippen LogP contribution in [0.15, 0.2) is 5.10 Å². The van der Waals surface area contributed by atoms with Gasteiger partial charge in [-0.25, -0.2) is 13.4 Å². The molecule has 0 aromatic carbocycles. The molecule has 0 spiro atoms. The van der Waals surface area contributed by atoms with Gasteiger partial charge >= 0.3 is 0 Å². The maximum atomic E-state index is 12.0. The highest BCUT2D eigenvalue weighted by Crippen LogP contribution is 2.27. The largest absolute Gasteiger partial charge is 0.351 e. The molecule has 1 saturated heterocycles. The summed E-state index contributed by atoms with van der Waals surface area (Å²) in [7, 11) is -3.08. The zero-order valence-electron chi connectivity index (χ0n) is 11.7. The summed E-state index contributed by atoms with van der Waals surface area (Å²) in [5.41, 5.74) is 0.333. The topological polar surface area (TPSA) is 95.9 Å². The minimum Gasteiger partial charge on any atom is -0.351 e. The monoisotopic (exact) mass is 313 g/mol. The molecule has 1 unspecified atom stereocenters. The lowest BCUT2D eigenvalue weighted by atomic mass is 10.1. The Bertz CT molecular complexity index is 595. The Balaban J connectivity index is 1.68. The van der Waals surface area contributed by atoms with Gasteiger partial charge in [0.1, 0.15) is 5.71 Å². The van der Waals surface area contributed by atoms with Gasteiger partial charge in [-0.1, -0.05) is 0 Å². The number of amides is 2. The Labute approximate surface area is 123 Å². The number of hydrazone groups is 1. The smallest absolute Gasteiger partial charge is 0.267 e. The number of carbonyl (C=O) groups is 2. The molecule has 1 aliphatic carbocycles. The molecule has 1 atom stereocenters. The van der Waals surface area contributed by atoms with E-state index in [9.17, 15) is 18.0 Å². The van der Waals surface area contributed by atoms with Gasteiger partial charge < -0.3 is 5.32 Å². The van der Waals surface area contributed by atoms with Crippen LogP contribution >= 0.6 is 0 Å². The first-order chi connectivity index (χ1) is 9.94. The normalized spacial score (nSPS) is 28.4. The van der Waals surface area contributed by atoms with E-state index in [2.05, 4.69) is 10.4 Å². The minimum atomic E-state index is -3.08. The number of hydrogen-bond acceptors (Lipinski definition) is 5. The Morgan fingerprint density at radius 2 is 2.05 bits per heavy atom. The quantitative estimate of drug-likeness (QED) is 0.769. The molecule has 21 heavy (non-hydrogen) atoms. The lowest BCUT2D eigenvalue weighted by Gasteiger charge is -2.27. The van der Waals surface area contributed by atoms with E-state index in [4.69, 9.17) is 0 Å². The highest BCUT2D eigenvalue weighted by Gasteiger charge is 2.37. The minimum absolute atomic E-state index is 0.0563. The molecule has 3 aliphatic rings. The zero-order chi connectivity index (χ0) is 15.0. The molecule has 2 amide bonds. The van der Waals surface area contributed by atoms with E-state index in [-0.39, 0.29) is 29.7 Å². The maximum Gasteiger partial charge on any atom is 0.267 e. The van der Waals surface area contributed by atoms with E-state index in [1.807, 2.05) is 0 Å². The van der Waals surface area contributed by atoms with Gasteiger partial charge in [-0.05, 0) is 25.2 Å². The van der Waals surface area contributed by atoms with Crippen molar-refractivity contribution >= 4 is 27.4 Å². The van der Waals surface area contributed by atoms with Crippen molar-refractivity contribution in [3.63, 3.8) is 0 Å². The van der Waals surface area contributed by atoms with Gasteiger partial charge in [-0.2, -0.15) is 5.10 Å². The van der Waals surface area contributed by atoms with Crippen molar-refractivity contribution in [1.82, 2.24) is 10.3 Å². The second-order valence-corrected chi connectivity index (χ2v) is 8.22. The molecule has 1 saturated carbocycles. The third-order valence-corrected chi connectivity index (χ3v) is 5.87. The molecule has 0 aromatic rings. The van der Waals surface area contributed by atoms with E-state index in [1.54, 1.807) is 0 Å². The molecule has 0 aromatic heterocycles. The van der Waals surface area contributed by atoms with Crippen LogP contribution in [-0.4, -0.2) is 55.0 Å². The molecular formula is C13H19N3O4S. The summed E-state index contributed by atoms with van der Waals surface area (Å²) in [6, 6.07) is -0.422. The first kappa shape index (κ1) is 14.5. The molecule has 0 bridgehead atoms. The zero-order valence-corrected chi connectivity index (χ0v) is 12.6. The number of nitrogens with zero attached hydrogens (tertiary/aromatic N) is 2. The van der Waals surface area contributed by atoms with Crippen LogP contribution in [0.2, 0.25) is 0 Å². The van der Waals surface area contributed by atoms with Gasteiger partial charge in [-0.3, -0.25) is 9.59 Å². The highest BCUT2D eigenvalue weighted by atomic mass is 32.2. The molecule has 2 heterocycles. The maximum absolute atomic E-state index is 12.0. The van der Waals surface area contributed by atoms with Crippen molar-refractivity contribution in [3.05, 3.63) is 0 Å². The predicted molar refractivity (Wildman–Crippen MR) is 76.3 cm³/mol. The number of sulfone groups is 1. The summed E-state index contributed by atoms with van der Waals surface area (Å²) in [6.45, 7) is 0.656. The lowest BCUT2D eigenvalue weighted by molar-refractivity contribution is -0.133. The summed E-state index contributed by atoms with van der Waals surface area (Å²) >= 11 is 0. The molecule has 2 fully saturated rings. The third kappa shape index (κ3) is 3.42. The number of carbonyl (C=O) groups excluding carboxylic acids is 2. The third-order valence-electron chi connectivity index (χ3n) is 4.12. The van der Waals surface area contributed by atoms with Crippen LogP contribution in [0.3, 0.4) is 0 Å². The number of nitrogens with one attached hydrogen (secondary N) is 1. The second-order valence-electron chi connectivity index (χ2n) is 6.00. The van der Waals surface area contributed by atoms with E-state index >= 15 is 0 Å². The Morgan fingerprint density at radius 1 is 1.29 bits per heavy atom. The average molecular weight is 313 g/mol. The van der Waals surface area contributed by atoms with Gasteiger partial charge in [-0.15, -0.1) is 0 Å². The predicted octanol–water partition coefficient (Wildman–Crippen LogP) is -0.322. The molecule has 116 valence electrons. The van der Waals surface area contributed by atoms with Crippen molar-refractivity contribution < 1.29 is 18.0 Å². The highest BCUT2D eigenvalue weighted by molar-refractivity contribution is 7.91. The Hall–Kier alpha value is -1.44. The summed E-state index contributed by atoms with van der Waals surface area (Å²) in [5, 5.41) is 8.19. The fraction of sp³-hybridized carbons (Fsp3) is 0.769. The molecule has 8 heteroatoms. The van der Waals surface area contributed by atoms with Gasteiger partial charge in [0.25, 0.3) is 5.91 Å². The van der Waals surface area contributed by atoms with Crippen molar-refractivity contribution in [2.75, 3.05) is 18.1 Å². The van der Waals surface area contributed by atoms with Crippen LogP contribution in [0, 0.1) is 5.92 Å². The van der Waals surface area contributed by atoms with E-state index in [0.29, 0.717) is 31.0 Å². The summed E-state index contributed by atoms with van der Waals surface area (Å²) < 4.78 is 23.0. The molecule has 7 nitrogen and oxygen atoms in total. The van der Waals surface area contributed by atoms with Crippen molar-refractivity contribution in [2.24, 2.45) is 11.0 Å². The van der Waals surface area contributed by atoms with E-state index in [1.165, 1.54) is 5.01 Å². The van der Waals surface area contributed by atoms with E-state index < -0.39 is 15.9 Å². The fourth-order valence-electron chi connectivity index (χ4n) is 2.65. The average Bonchev–Trinajstić information content (AvgIpc) is 3.19. The van der Waals surface area contributed by atoms with Gasteiger partial charge in [0.2, 0.25) is 5.91 Å². The number of rotatable bonds is 4. The first-order valence-corrected chi connectivity index (χ1v) is 9.15. The van der Waals surface area contributed by atoms with Crippen LogP contribution in [0.1, 0.15) is 32.1 Å².